The minimum atomic E-state index is -0.116. The quantitative estimate of drug-likeness (QED) is 0.916. The van der Waals surface area contributed by atoms with Crippen molar-refractivity contribution in [3.63, 3.8) is 0 Å². The molecule has 0 saturated heterocycles. The summed E-state index contributed by atoms with van der Waals surface area (Å²) in [6.07, 6.45) is 8.89. The lowest BCUT2D eigenvalue weighted by Gasteiger charge is -2.64. The third kappa shape index (κ3) is 2.13. The summed E-state index contributed by atoms with van der Waals surface area (Å²) in [7, 11) is 0. The molecular formula is C18H25NO2. The lowest BCUT2D eigenvalue weighted by molar-refractivity contribution is -0.170. The third-order valence-corrected chi connectivity index (χ3v) is 6.11. The second kappa shape index (κ2) is 4.15. The van der Waals surface area contributed by atoms with E-state index in [1.54, 1.807) is 6.26 Å². The molecule has 114 valence electrons. The number of carbonyl (C=O) groups excluding carboxylic acids is 1. The number of hydrogen-bond acceptors (Lipinski definition) is 2. The third-order valence-electron chi connectivity index (χ3n) is 6.11. The van der Waals surface area contributed by atoms with Gasteiger partial charge in [0.1, 0.15) is 5.76 Å². The average molecular weight is 287 g/mol. The fourth-order valence-electron chi connectivity index (χ4n) is 6.47. The summed E-state index contributed by atoms with van der Waals surface area (Å²) in [5.74, 6) is 1.86. The van der Waals surface area contributed by atoms with Gasteiger partial charge in [0.05, 0.1) is 18.2 Å². The molecule has 0 spiro atoms. The molecule has 3 heteroatoms. The molecule has 21 heavy (non-hydrogen) atoms. The maximum absolute atomic E-state index is 12.9. The van der Waals surface area contributed by atoms with Crippen LogP contribution in [-0.4, -0.2) is 5.91 Å². The molecule has 2 unspecified atom stereocenters. The zero-order valence-corrected chi connectivity index (χ0v) is 13.1. The Bertz CT molecular complexity index is 544. The number of rotatable bonds is 3. The van der Waals surface area contributed by atoms with Crippen LogP contribution in [0.2, 0.25) is 0 Å². The summed E-state index contributed by atoms with van der Waals surface area (Å²) in [5.41, 5.74) is 0.655. The molecule has 1 aromatic heterocycles. The highest BCUT2D eigenvalue weighted by Crippen LogP contribution is 2.69. The van der Waals surface area contributed by atoms with Crippen LogP contribution in [0.15, 0.2) is 22.8 Å². The maximum Gasteiger partial charge on any atom is 0.226 e. The van der Waals surface area contributed by atoms with E-state index in [4.69, 9.17) is 4.42 Å². The summed E-state index contributed by atoms with van der Waals surface area (Å²) in [5, 5.41) is 3.14. The van der Waals surface area contributed by atoms with Gasteiger partial charge in [-0.1, -0.05) is 13.8 Å². The van der Waals surface area contributed by atoms with Gasteiger partial charge in [0.25, 0.3) is 0 Å². The first-order chi connectivity index (χ1) is 9.91. The molecule has 4 atom stereocenters. The van der Waals surface area contributed by atoms with E-state index in [0.29, 0.717) is 17.4 Å². The van der Waals surface area contributed by atoms with E-state index in [2.05, 4.69) is 19.2 Å². The van der Waals surface area contributed by atoms with Crippen molar-refractivity contribution in [3.8, 4) is 0 Å². The summed E-state index contributed by atoms with van der Waals surface area (Å²) < 4.78 is 5.33. The predicted molar refractivity (Wildman–Crippen MR) is 80.4 cm³/mol. The van der Waals surface area contributed by atoms with Crippen LogP contribution in [0.1, 0.15) is 58.1 Å². The Kier molecular flexibility index (Phi) is 2.65. The van der Waals surface area contributed by atoms with Crippen LogP contribution < -0.4 is 5.32 Å². The first-order valence-electron chi connectivity index (χ1n) is 8.21. The fourth-order valence-corrected chi connectivity index (χ4v) is 6.47. The SMILES string of the molecule is C[C@]12CC3CC(C(=O)NCc4ccco4)(C1)C[C@@](C)(C3)C2. The van der Waals surface area contributed by atoms with Crippen molar-refractivity contribution in [1.82, 2.24) is 5.32 Å². The maximum atomic E-state index is 12.9. The van der Waals surface area contributed by atoms with E-state index < -0.39 is 0 Å². The van der Waals surface area contributed by atoms with E-state index in [0.717, 1.165) is 30.9 Å². The summed E-state index contributed by atoms with van der Waals surface area (Å²) in [4.78, 5) is 12.9. The van der Waals surface area contributed by atoms with Gasteiger partial charge >= 0.3 is 0 Å². The second-order valence-corrected chi connectivity index (χ2v) is 8.67. The van der Waals surface area contributed by atoms with Crippen molar-refractivity contribution in [2.24, 2.45) is 22.2 Å². The highest BCUT2D eigenvalue weighted by Gasteiger charge is 2.62. The van der Waals surface area contributed by atoms with Crippen LogP contribution >= 0.6 is 0 Å². The van der Waals surface area contributed by atoms with Crippen LogP contribution in [0.5, 0.6) is 0 Å². The Morgan fingerprint density at radius 3 is 2.52 bits per heavy atom. The molecule has 5 rings (SSSR count). The normalized spacial score (nSPS) is 44.0. The van der Waals surface area contributed by atoms with Crippen molar-refractivity contribution < 1.29 is 9.21 Å². The van der Waals surface area contributed by atoms with Gasteiger partial charge in [-0.05, 0) is 67.4 Å². The van der Waals surface area contributed by atoms with Crippen molar-refractivity contribution in [1.29, 1.82) is 0 Å². The van der Waals surface area contributed by atoms with Gasteiger partial charge in [0.15, 0.2) is 0 Å². The molecule has 4 aliphatic carbocycles. The topological polar surface area (TPSA) is 42.2 Å². The number of amides is 1. The minimum absolute atomic E-state index is 0.116. The van der Waals surface area contributed by atoms with Crippen LogP contribution in [0.4, 0.5) is 0 Å². The number of carbonyl (C=O) groups is 1. The van der Waals surface area contributed by atoms with E-state index >= 15 is 0 Å². The molecule has 0 aromatic carbocycles. The standard InChI is InChI=1S/C18H25NO2/c1-16-6-13-7-17(2,10-16)12-18(8-13,11-16)15(20)19-9-14-4-3-5-21-14/h3-5,13H,6-12H2,1-2H3,(H,19,20)/t13?,16-,17+,18?. The van der Waals surface area contributed by atoms with Crippen molar-refractivity contribution in [2.45, 2.75) is 58.9 Å². The molecule has 0 aliphatic heterocycles. The van der Waals surface area contributed by atoms with Gasteiger partial charge in [-0.3, -0.25) is 4.79 Å². The van der Waals surface area contributed by atoms with Crippen LogP contribution in [0.3, 0.4) is 0 Å². The van der Waals surface area contributed by atoms with Gasteiger partial charge in [-0.2, -0.15) is 0 Å². The molecule has 4 fully saturated rings. The molecule has 4 saturated carbocycles. The van der Waals surface area contributed by atoms with Crippen LogP contribution in [0.25, 0.3) is 0 Å². The number of nitrogens with one attached hydrogen (secondary N) is 1. The predicted octanol–water partition coefficient (Wildman–Crippen LogP) is 3.89. The fraction of sp³-hybridized carbons (Fsp3) is 0.722. The largest absolute Gasteiger partial charge is 0.467 e. The Morgan fingerprint density at radius 1 is 1.24 bits per heavy atom. The van der Waals surface area contributed by atoms with Crippen LogP contribution in [0, 0.1) is 22.2 Å². The van der Waals surface area contributed by atoms with Gasteiger partial charge < -0.3 is 9.73 Å². The highest BCUT2D eigenvalue weighted by molar-refractivity contribution is 5.83. The molecule has 4 bridgehead atoms. The van der Waals surface area contributed by atoms with Gasteiger partial charge in [-0.25, -0.2) is 0 Å². The molecule has 1 amide bonds. The zero-order valence-electron chi connectivity index (χ0n) is 13.1. The molecule has 1 N–H and O–H groups in total. The Hall–Kier alpha value is -1.25. The van der Waals surface area contributed by atoms with Crippen molar-refractivity contribution >= 4 is 5.91 Å². The summed E-state index contributed by atoms with van der Waals surface area (Å²) >= 11 is 0. The zero-order chi connectivity index (χ0) is 14.7. The Balaban J connectivity index is 1.54. The molecule has 1 heterocycles. The smallest absolute Gasteiger partial charge is 0.226 e. The number of furan rings is 1. The summed E-state index contributed by atoms with van der Waals surface area (Å²) in [6, 6.07) is 3.79. The first kappa shape index (κ1) is 13.4. The highest BCUT2D eigenvalue weighted by atomic mass is 16.3. The second-order valence-electron chi connectivity index (χ2n) is 8.67. The van der Waals surface area contributed by atoms with E-state index in [-0.39, 0.29) is 11.3 Å². The lowest BCUT2D eigenvalue weighted by Crippen LogP contribution is -2.59. The molecule has 4 aliphatic rings. The Labute approximate surface area is 126 Å². The average Bonchev–Trinajstić information content (AvgIpc) is 2.84. The van der Waals surface area contributed by atoms with Crippen molar-refractivity contribution in [2.75, 3.05) is 0 Å². The minimum Gasteiger partial charge on any atom is -0.467 e. The number of hydrogen-bond donors (Lipinski definition) is 1. The summed E-state index contributed by atoms with van der Waals surface area (Å²) in [6.45, 7) is 5.33. The van der Waals surface area contributed by atoms with Gasteiger partial charge in [0.2, 0.25) is 5.91 Å². The molecule has 1 aromatic rings. The van der Waals surface area contributed by atoms with E-state index in [1.807, 2.05) is 12.1 Å². The van der Waals surface area contributed by atoms with Gasteiger partial charge in [0, 0.05) is 0 Å². The molecule has 3 nitrogen and oxygen atoms in total. The lowest BCUT2D eigenvalue weighted by atomic mass is 9.40. The van der Waals surface area contributed by atoms with Crippen LogP contribution in [-0.2, 0) is 11.3 Å². The monoisotopic (exact) mass is 287 g/mol. The van der Waals surface area contributed by atoms with E-state index in [1.165, 1.54) is 19.3 Å². The van der Waals surface area contributed by atoms with Gasteiger partial charge in [-0.15, -0.1) is 0 Å². The van der Waals surface area contributed by atoms with Crippen molar-refractivity contribution in [3.05, 3.63) is 24.2 Å². The van der Waals surface area contributed by atoms with E-state index in [9.17, 15) is 4.79 Å². The molecule has 0 radical (unpaired) electrons. The first-order valence-corrected chi connectivity index (χ1v) is 8.21. The molecular weight excluding hydrogens is 262 g/mol. The Morgan fingerprint density at radius 2 is 1.95 bits per heavy atom.